The van der Waals surface area contributed by atoms with Crippen LogP contribution in [0.3, 0.4) is 0 Å². The molecule has 4 heteroatoms. The molecule has 1 aliphatic heterocycles. The van der Waals surface area contributed by atoms with E-state index in [0.717, 1.165) is 32.0 Å². The van der Waals surface area contributed by atoms with E-state index in [2.05, 4.69) is 54.3 Å². The summed E-state index contributed by atoms with van der Waals surface area (Å²) >= 11 is 0. The lowest BCUT2D eigenvalue weighted by molar-refractivity contribution is 0.534. The van der Waals surface area contributed by atoms with Gasteiger partial charge in [-0.1, -0.05) is 29.3 Å². The lowest BCUT2D eigenvalue weighted by Crippen LogP contribution is -2.36. The first-order valence-corrected chi connectivity index (χ1v) is 6.22. The van der Waals surface area contributed by atoms with Crippen molar-refractivity contribution in [3.63, 3.8) is 0 Å². The van der Waals surface area contributed by atoms with Crippen LogP contribution < -0.4 is 5.32 Å². The molecule has 0 aromatic heterocycles. The van der Waals surface area contributed by atoms with E-state index in [1.807, 2.05) is 0 Å². The topological polar surface area (TPSA) is 27.6 Å². The van der Waals surface area contributed by atoms with Crippen LogP contribution in [0.1, 0.15) is 16.7 Å². The standard InChI is InChI=1S/C14H21N3.HI/c1-11-8-12(2)10-13(9-11)4-5-15-14-16-6-7-17(14)3;/h8-10H,4-7H2,1-3H3,(H,15,16);1H. The van der Waals surface area contributed by atoms with Gasteiger partial charge >= 0.3 is 0 Å². The number of rotatable bonds is 3. The summed E-state index contributed by atoms with van der Waals surface area (Å²) in [6.07, 6.45) is 1.05. The molecule has 18 heavy (non-hydrogen) atoms. The number of halogens is 1. The fourth-order valence-electron chi connectivity index (χ4n) is 2.26. The molecule has 0 spiro atoms. The van der Waals surface area contributed by atoms with Crippen LogP contribution in [0.2, 0.25) is 0 Å². The minimum atomic E-state index is 0. The molecule has 0 aliphatic carbocycles. The lowest BCUT2D eigenvalue weighted by atomic mass is 10.1. The van der Waals surface area contributed by atoms with Crippen LogP contribution in [0.4, 0.5) is 0 Å². The average molecular weight is 359 g/mol. The van der Waals surface area contributed by atoms with Gasteiger partial charge in [0.1, 0.15) is 0 Å². The van der Waals surface area contributed by atoms with Crippen molar-refractivity contribution < 1.29 is 0 Å². The van der Waals surface area contributed by atoms with Crippen LogP contribution in [0, 0.1) is 13.8 Å². The average Bonchev–Trinajstić information content (AvgIpc) is 2.63. The molecule has 0 unspecified atom stereocenters. The molecule has 2 rings (SSSR count). The minimum Gasteiger partial charge on any atom is -0.356 e. The highest BCUT2D eigenvalue weighted by Gasteiger charge is 2.10. The Morgan fingerprint density at radius 1 is 1.22 bits per heavy atom. The predicted octanol–water partition coefficient (Wildman–Crippen LogP) is 2.35. The van der Waals surface area contributed by atoms with Crippen molar-refractivity contribution >= 4 is 29.9 Å². The molecule has 1 aliphatic rings. The minimum absolute atomic E-state index is 0. The van der Waals surface area contributed by atoms with E-state index >= 15 is 0 Å². The van der Waals surface area contributed by atoms with Crippen LogP contribution in [-0.2, 0) is 6.42 Å². The zero-order valence-electron chi connectivity index (χ0n) is 11.4. The maximum atomic E-state index is 4.41. The molecule has 0 bridgehead atoms. The first kappa shape index (κ1) is 15.3. The first-order chi connectivity index (χ1) is 8.15. The molecule has 1 heterocycles. The Labute approximate surface area is 127 Å². The number of aryl methyl sites for hydroxylation is 2. The maximum absolute atomic E-state index is 4.41. The van der Waals surface area contributed by atoms with Crippen LogP contribution in [0.5, 0.6) is 0 Å². The number of hydrogen-bond acceptors (Lipinski definition) is 3. The summed E-state index contributed by atoms with van der Waals surface area (Å²) in [7, 11) is 2.08. The van der Waals surface area contributed by atoms with E-state index in [-0.39, 0.29) is 24.0 Å². The van der Waals surface area contributed by atoms with Gasteiger partial charge in [0.15, 0.2) is 5.96 Å². The fourth-order valence-corrected chi connectivity index (χ4v) is 2.26. The van der Waals surface area contributed by atoms with E-state index in [4.69, 9.17) is 0 Å². The van der Waals surface area contributed by atoms with Crippen molar-refractivity contribution in [1.29, 1.82) is 0 Å². The van der Waals surface area contributed by atoms with Gasteiger partial charge in [-0.05, 0) is 25.8 Å². The number of nitrogens with one attached hydrogen (secondary N) is 1. The number of hydrogen-bond donors (Lipinski definition) is 1. The Morgan fingerprint density at radius 2 is 1.89 bits per heavy atom. The third kappa shape index (κ3) is 4.15. The zero-order valence-corrected chi connectivity index (χ0v) is 13.7. The molecule has 0 saturated carbocycles. The molecule has 1 aromatic carbocycles. The van der Waals surface area contributed by atoms with Gasteiger partial charge in [0.05, 0.1) is 6.54 Å². The highest BCUT2D eigenvalue weighted by Crippen LogP contribution is 2.09. The smallest absolute Gasteiger partial charge is 0.193 e. The molecule has 100 valence electrons. The summed E-state index contributed by atoms with van der Waals surface area (Å²) in [5.74, 6) is 1.04. The number of aliphatic imine (C=N–C) groups is 1. The second kappa shape index (κ2) is 6.97. The monoisotopic (exact) mass is 359 g/mol. The van der Waals surface area contributed by atoms with Crippen molar-refractivity contribution in [3.8, 4) is 0 Å². The Balaban J connectivity index is 0.00000162. The van der Waals surface area contributed by atoms with E-state index in [9.17, 15) is 0 Å². The third-order valence-electron chi connectivity index (χ3n) is 3.04. The number of guanidine groups is 1. The number of likely N-dealkylation sites (N-methyl/N-ethyl adjacent to an activating group) is 1. The van der Waals surface area contributed by atoms with Gasteiger partial charge in [0, 0.05) is 20.1 Å². The molecule has 0 atom stereocenters. The van der Waals surface area contributed by atoms with Crippen molar-refractivity contribution in [2.75, 3.05) is 26.7 Å². The van der Waals surface area contributed by atoms with Gasteiger partial charge in [-0.3, -0.25) is 4.99 Å². The van der Waals surface area contributed by atoms with E-state index in [1.165, 1.54) is 16.7 Å². The van der Waals surface area contributed by atoms with Crippen molar-refractivity contribution in [2.45, 2.75) is 20.3 Å². The van der Waals surface area contributed by atoms with Gasteiger partial charge in [-0.25, -0.2) is 0 Å². The third-order valence-corrected chi connectivity index (χ3v) is 3.04. The van der Waals surface area contributed by atoms with Crippen LogP contribution in [0.15, 0.2) is 23.2 Å². The van der Waals surface area contributed by atoms with Crippen molar-refractivity contribution in [1.82, 2.24) is 10.2 Å². The van der Waals surface area contributed by atoms with Gasteiger partial charge in [-0.15, -0.1) is 24.0 Å². The van der Waals surface area contributed by atoms with Gasteiger partial charge in [0.25, 0.3) is 0 Å². The predicted molar refractivity (Wildman–Crippen MR) is 88.0 cm³/mol. The zero-order chi connectivity index (χ0) is 12.3. The Bertz CT molecular complexity index is 409. The molecule has 0 saturated heterocycles. The molecular weight excluding hydrogens is 337 g/mol. The number of nitrogens with zero attached hydrogens (tertiary/aromatic N) is 2. The summed E-state index contributed by atoms with van der Waals surface area (Å²) < 4.78 is 0. The highest BCUT2D eigenvalue weighted by atomic mass is 127. The summed E-state index contributed by atoms with van der Waals surface area (Å²) in [4.78, 5) is 6.58. The highest BCUT2D eigenvalue weighted by molar-refractivity contribution is 14.0. The first-order valence-electron chi connectivity index (χ1n) is 6.22. The van der Waals surface area contributed by atoms with Gasteiger partial charge in [0.2, 0.25) is 0 Å². The molecule has 3 nitrogen and oxygen atoms in total. The normalized spacial score (nSPS) is 14.2. The van der Waals surface area contributed by atoms with Crippen LogP contribution in [-0.4, -0.2) is 37.5 Å². The second-order valence-corrected chi connectivity index (χ2v) is 4.80. The van der Waals surface area contributed by atoms with E-state index in [0.29, 0.717) is 0 Å². The summed E-state index contributed by atoms with van der Waals surface area (Å²) in [6.45, 7) is 7.21. The largest absolute Gasteiger partial charge is 0.356 e. The molecule has 0 amide bonds. The number of benzene rings is 1. The van der Waals surface area contributed by atoms with Crippen LogP contribution >= 0.6 is 24.0 Å². The quantitative estimate of drug-likeness (QED) is 0.840. The van der Waals surface area contributed by atoms with Crippen molar-refractivity contribution in [3.05, 3.63) is 34.9 Å². The summed E-state index contributed by atoms with van der Waals surface area (Å²) in [6, 6.07) is 6.73. The van der Waals surface area contributed by atoms with Crippen molar-refractivity contribution in [2.24, 2.45) is 4.99 Å². The SMILES string of the molecule is Cc1cc(C)cc(CCNC2=NCCN2C)c1.I. The lowest BCUT2D eigenvalue weighted by Gasteiger charge is -2.15. The van der Waals surface area contributed by atoms with Gasteiger partial charge in [-0.2, -0.15) is 0 Å². The second-order valence-electron chi connectivity index (χ2n) is 4.80. The van der Waals surface area contributed by atoms with Crippen LogP contribution in [0.25, 0.3) is 0 Å². The van der Waals surface area contributed by atoms with Gasteiger partial charge < -0.3 is 10.2 Å². The summed E-state index contributed by atoms with van der Waals surface area (Å²) in [5, 5.41) is 3.39. The summed E-state index contributed by atoms with van der Waals surface area (Å²) in [5.41, 5.74) is 4.09. The Kier molecular flexibility index (Phi) is 5.91. The molecule has 0 radical (unpaired) electrons. The Hall–Kier alpha value is -0.780. The fraction of sp³-hybridized carbons (Fsp3) is 0.500. The molecule has 0 fully saturated rings. The maximum Gasteiger partial charge on any atom is 0.193 e. The molecule has 1 N–H and O–H groups in total. The van der Waals surface area contributed by atoms with E-state index in [1.54, 1.807) is 0 Å². The molecule has 1 aromatic rings. The van der Waals surface area contributed by atoms with E-state index < -0.39 is 0 Å². The molecular formula is C14H22IN3. The Morgan fingerprint density at radius 3 is 2.44 bits per heavy atom.